The molecular weight excluding hydrogens is 339 g/mol. The van der Waals surface area contributed by atoms with Crippen molar-refractivity contribution < 1.29 is 13.6 Å². The number of rotatable bonds is 6. The number of hydrogen-bond acceptors (Lipinski definition) is 4. The second kappa shape index (κ2) is 7.67. The van der Waals surface area contributed by atoms with E-state index in [4.69, 9.17) is 9.05 Å². The summed E-state index contributed by atoms with van der Waals surface area (Å²) in [5, 5.41) is 0.117. The summed E-state index contributed by atoms with van der Waals surface area (Å²) < 4.78 is 25.2. The quantitative estimate of drug-likeness (QED) is 0.539. The average molecular weight is 364 g/mol. The van der Waals surface area contributed by atoms with Crippen LogP contribution in [0.25, 0.3) is 0 Å². The van der Waals surface area contributed by atoms with Crippen LogP contribution in [-0.4, -0.2) is 5.25 Å². The molecule has 0 amide bonds. The smallest absolute Gasteiger partial charge is 0.408 e. The van der Waals surface area contributed by atoms with E-state index in [1.165, 1.54) is 11.4 Å². The van der Waals surface area contributed by atoms with E-state index in [0.29, 0.717) is 11.5 Å². The van der Waals surface area contributed by atoms with E-state index in [9.17, 15) is 4.57 Å². The Kier molecular flexibility index (Phi) is 6.06. The highest BCUT2D eigenvalue weighted by molar-refractivity contribution is 8.55. The van der Waals surface area contributed by atoms with Crippen LogP contribution in [0.15, 0.2) is 36.4 Å². The fraction of sp³-hybridized carbons (Fsp3) is 0.368. The monoisotopic (exact) mass is 364 g/mol. The molecule has 0 aliphatic rings. The van der Waals surface area contributed by atoms with Crippen molar-refractivity contribution >= 4 is 18.2 Å². The molecule has 0 atom stereocenters. The average Bonchev–Trinajstić information content (AvgIpc) is 2.46. The SMILES string of the molecule is Cc1ccc(C)c(OP(=O)(Oc2cc(C)ccc2C)SC(C)C)c1. The van der Waals surface area contributed by atoms with Gasteiger partial charge in [0.2, 0.25) is 0 Å². The Labute approximate surface area is 149 Å². The summed E-state index contributed by atoms with van der Waals surface area (Å²) in [5.74, 6) is 1.22. The zero-order valence-corrected chi connectivity index (χ0v) is 16.8. The number of aryl methyl sites for hydroxylation is 4. The highest BCUT2D eigenvalue weighted by atomic mass is 32.7. The van der Waals surface area contributed by atoms with Crippen LogP contribution in [0.1, 0.15) is 36.1 Å². The normalized spacial score (nSPS) is 11.6. The Hall–Kier alpha value is -1.38. The summed E-state index contributed by atoms with van der Waals surface area (Å²) >= 11 is 1.23. The van der Waals surface area contributed by atoms with E-state index in [1.54, 1.807) is 0 Å². The van der Waals surface area contributed by atoms with Gasteiger partial charge in [-0.2, -0.15) is 0 Å². The van der Waals surface area contributed by atoms with Crippen molar-refractivity contribution in [3.05, 3.63) is 58.7 Å². The van der Waals surface area contributed by atoms with E-state index in [2.05, 4.69) is 0 Å². The van der Waals surface area contributed by atoms with Gasteiger partial charge in [-0.3, -0.25) is 0 Å². The summed E-state index contributed by atoms with van der Waals surface area (Å²) in [4.78, 5) is 0. The predicted molar refractivity (Wildman–Crippen MR) is 103 cm³/mol. The second-order valence-electron chi connectivity index (χ2n) is 6.32. The molecule has 0 spiro atoms. The van der Waals surface area contributed by atoms with Gasteiger partial charge in [-0.15, -0.1) is 0 Å². The van der Waals surface area contributed by atoms with Crippen LogP contribution < -0.4 is 9.05 Å². The van der Waals surface area contributed by atoms with Crippen molar-refractivity contribution in [3.63, 3.8) is 0 Å². The minimum absolute atomic E-state index is 0.117. The number of benzene rings is 2. The Morgan fingerprint density at radius 3 is 1.62 bits per heavy atom. The van der Waals surface area contributed by atoms with Crippen LogP contribution in [0, 0.1) is 27.7 Å². The summed E-state index contributed by atoms with van der Waals surface area (Å²) in [6.07, 6.45) is 0. The lowest BCUT2D eigenvalue weighted by Crippen LogP contribution is -2.03. The number of hydrogen-bond donors (Lipinski definition) is 0. The molecule has 0 bridgehead atoms. The van der Waals surface area contributed by atoms with E-state index in [0.717, 1.165) is 22.3 Å². The van der Waals surface area contributed by atoms with Gasteiger partial charge in [0.25, 0.3) is 0 Å². The van der Waals surface area contributed by atoms with Gasteiger partial charge in [-0.1, -0.05) is 38.1 Å². The van der Waals surface area contributed by atoms with Crippen LogP contribution in [0.3, 0.4) is 0 Å². The maximum Gasteiger partial charge on any atom is 0.493 e. The fourth-order valence-corrected chi connectivity index (χ4v) is 5.98. The lowest BCUT2D eigenvalue weighted by atomic mass is 10.1. The van der Waals surface area contributed by atoms with Crippen LogP contribution >= 0.6 is 18.2 Å². The van der Waals surface area contributed by atoms with Gasteiger partial charge in [0, 0.05) is 5.25 Å². The molecule has 130 valence electrons. The molecule has 2 aromatic carbocycles. The molecule has 3 nitrogen and oxygen atoms in total. The minimum Gasteiger partial charge on any atom is -0.408 e. The molecule has 0 saturated heterocycles. The van der Waals surface area contributed by atoms with Crippen LogP contribution in [0.2, 0.25) is 0 Å². The second-order valence-corrected chi connectivity index (χ2v) is 10.7. The van der Waals surface area contributed by atoms with Crippen LogP contribution in [-0.2, 0) is 4.57 Å². The first kappa shape index (κ1) is 19.0. The van der Waals surface area contributed by atoms with E-state index >= 15 is 0 Å². The summed E-state index contributed by atoms with van der Waals surface area (Å²) in [6, 6.07) is 11.7. The molecule has 0 heterocycles. The molecule has 0 saturated carbocycles. The maximum atomic E-state index is 13.4. The third-order valence-corrected chi connectivity index (χ3v) is 7.45. The zero-order valence-electron chi connectivity index (χ0n) is 15.1. The Morgan fingerprint density at radius 2 is 1.25 bits per heavy atom. The van der Waals surface area contributed by atoms with Gasteiger partial charge >= 0.3 is 6.80 Å². The molecule has 2 aromatic rings. The summed E-state index contributed by atoms with van der Waals surface area (Å²) in [7, 11) is 0. The standard InChI is InChI=1S/C19H25O3PS/c1-13(2)24-23(20,21-18-11-14(3)7-9-16(18)5)22-19-12-15(4)8-10-17(19)6/h7-13H,1-6H3. The summed E-state index contributed by atoms with van der Waals surface area (Å²) in [5.41, 5.74) is 4.00. The molecule has 0 unspecified atom stereocenters. The van der Waals surface area contributed by atoms with Crippen molar-refractivity contribution in [2.24, 2.45) is 0 Å². The topological polar surface area (TPSA) is 35.5 Å². The van der Waals surface area contributed by atoms with Crippen molar-refractivity contribution in [2.75, 3.05) is 0 Å². The minimum atomic E-state index is -3.40. The molecule has 24 heavy (non-hydrogen) atoms. The van der Waals surface area contributed by atoms with Gasteiger partial charge in [0.05, 0.1) is 0 Å². The third kappa shape index (κ3) is 5.06. The molecular formula is C19H25O3PS. The Bertz CT molecular complexity index is 714. The lowest BCUT2D eigenvalue weighted by Gasteiger charge is -2.22. The first-order chi connectivity index (χ1) is 11.2. The van der Waals surface area contributed by atoms with Gasteiger partial charge in [0.1, 0.15) is 11.5 Å². The van der Waals surface area contributed by atoms with Gasteiger partial charge in [0.15, 0.2) is 0 Å². The Morgan fingerprint density at radius 1 is 0.833 bits per heavy atom. The first-order valence-corrected chi connectivity index (χ1v) is 11.0. The molecule has 5 heteroatoms. The van der Waals surface area contributed by atoms with Gasteiger partial charge < -0.3 is 9.05 Å². The van der Waals surface area contributed by atoms with E-state index < -0.39 is 6.80 Å². The lowest BCUT2D eigenvalue weighted by molar-refractivity contribution is 0.405. The summed E-state index contributed by atoms with van der Waals surface area (Å²) in [6.45, 7) is 8.42. The van der Waals surface area contributed by atoms with E-state index in [-0.39, 0.29) is 5.25 Å². The fourth-order valence-electron chi connectivity index (χ4n) is 2.17. The van der Waals surface area contributed by atoms with Crippen LogP contribution in [0.4, 0.5) is 0 Å². The highest BCUT2D eigenvalue weighted by Gasteiger charge is 2.32. The maximum absolute atomic E-state index is 13.4. The molecule has 0 aromatic heterocycles. The predicted octanol–water partition coefficient (Wildman–Crippen LogP) is 6.63. The third-order valence-electron chi connectivity index (χ3n) is 3.45. The van der Waals surface area contributed by atoms with Crippen molar-refractivity contribution in [1.29, 1.82) is 0 Å². The largest absolute Gasteiger partial charge is 0.493 e. The van der Waals surface area contributed by atoms with Crippen LogP contribution in [0.5, 0.6) is 11.5 Å². The molecule has 0 fully saturated rings. The highest BCUT2D eigenvalue weighted by Crippen LogP contribution is 2.61. The molecule has 0 radical (unpaired) electrons. The van der Waals surface area contributed by atoms with Crippen molar-refractivity contribution in [3.8, 4) is 11.5 Å². The van der Waals surface area contributed by atoms with Gasteiger partial charge in [-0.05, 0) is 73.5 Å². The zero-order chi connectivity index (χ0) is 17.9. The molecule has 0 N–H and O–H groups in total. The van der Waals surface area contributed by atoms with Gasteiger partial charge in [-0.25, -0.2) is 4.57 Å². The molecule has 2 rings (SSSR count). The van der Waals surface area contributed by atoms with Crippen molar-refractivity contribution in [2.45, 2.75) is 46.8 Å². The van der Waals surface area contributed by atoms with Crippen molar-refractivity contribution in [1.82, 2.24) is 0 Å². The Balaban J connectivity index is 2.37. The molecule has 0 aliphatic carbocycles. The first-order valence-electron chi connectivity index (χ1n) is 8.01. The van der Waals surface area contributed by atoms with E-state index in [1.807, 2.05) is 77.9 Å². The molecule has 0 aliphatic heterocycles.